The molecule has 0 saturated carbocycles. The Bertz CT molecular complexity index is 381. The highest BCUT2D eigenvalue weighted by atomic mass is 79.9. The van der Waals surface area contributed by atoms with Crippen molar-refractivity contribution >= 4 is 21.6 Å². The molecule has 0 aliphatic rings. The van der Waals surface area contributed by atoms with Crippen molar-refractivity contribution in [2.75, 3.05) is 19.0 Å². The molecule has 2 nitrogen and oxygen atoms in total. The molecule has 0 saturated heterocycles. The summed E-state index contributed by atoms with van der Waals surface area (Å²) in [4.78, 5) is 0. The van der Waals surface area contributed by atoms with E-state index >= 15 is 0 Å². The summed E-state index contributed by atoms with van der Waals surface area (Å²) in [6, 6.07) is 3.67. The average Bonchev–Trinajstić information content (AvgIpc) is 2.15. The molecule has 0 aromatic heterocycles. The van der Waals surface area contributed by atoms with Crippen molar-refractivity contribution in [1.29, 1.82) is 0 Å². The standard InChI is InChI=1S/C11H13BrF3NO/c1-7(6-17-2)16-10-4-8(11(13,14)15)3-9(12)5-10/h3-5,7,16H,6H2,1-2H3. The predicted octanol–water partition coefficient (Wildman–Crippen LogP) is 3.91. The van der Waals surface area contributed by atoms with Crippen LogP contribution in [0.5, 0.6) is 0 Å². The number of anilines is 1. The normalized spacial score (nSPS) is 13.5. The Balaban J connectivity index is 2.90. The minimum atomic E-state index is -4.34. The molecule has 1 unspecified atom stereocenters. The van der Waals surface area contributed by atoms with Crippen molar-refractivity contribution in [3.8, 4) is 0 Å². The van der Waals surface area contributed by atoms with Gasteiger partial charge in [-0.3, -0.25) is 0 Å². The van der Waals surface area contributed by atoms with Gasteiger partial charge in [-0.05, 0) is 25.1 Å². The molecule has 0 aliphatic carbocycles. The third kappa shape index (κ3) is 4.55. The fraction of sp³-hybridized carbons (Fsp3) is 0.455. The van der Waals surface area contributed by atoms with Crippen LogP contribution in [0.1, 0.15) is 12.5 Å². The highest BCUT2D eigenvalue weighted by Gasteiger charge is 2.31. The van der Waals surface area contributed by atoms with Gasteiger partial charge in [-0.25, -0.2) is 0 Å². The van der Waals surface area contributed by atoms with Gasteiger partial charge in [-0.1, -0.05) is 15.9 Å². The molecule has 17 heavy (non-hydrogen) atoms. The fourth-order valence-electron chi connectivity index (χ4n) is 1.41. The SMILES string of the molecule is COCC(C)Nc1cc(Br)cc(C(F)(F)F)c1. The Morgan fingerprint density at radius 2 is 2.00 bits per heavy atom. The van der Waals surface area contributed by atoms with Crippen LogP contribution in [-0.2, 0) is 10.9 Å². The first-order valence-electron chi connectivity index (χ1n) is 4.96. The van der Waals surface area contributed by atoms with E-state index in [2.05, 4.69) is 21.2 Å². The van der Waals surface area contributed by atoms with Gasteiger partial charge in [-0.15, -0.1) is 0 Å². The molecule has 0 heterocycles. The lowest BCUT2D eigenvalue weighted by Gasteiger charge is -2.16. The molecule has 1 N–H and O–H groups in total. The van der Waals surface area contributed by atoms with Gasteiger partial charge in [0.05, 0.1) is 12.2 Å². The topological polar surface area (TPSA) is 21.3 Å². The lowest BCUT2D eigenvalue weighted by atomic mass is 10.2. The van der Waals surface area contributed by atoms with Crippen LogP contribution in [-0.4, -0.2) is 19.8 Å². The van der Waals surface area contributed by atoms with Crippen molar-refractivity contribution in [2.45, 2.75) is 19.1 Å². The number of methoxy groups -OCH3 is 1. The first-order chi connectivity index (χ1) is 7.82. The second-order valence-corrected chi connectivity index (χ2v) is 4.64. The summed E-state index contributed by atoms with van der Waals surface area (Å²) in [5.74, 6) is 0. The molecular formula is C11H13BrF3NO. The molecule has 0 spiro atoms. The van der Waals surface area contributed by atoms with Gasteiger partial charge in [0, 0.05) is 23.3 Å². The highest BCUT2D eigenvalue weighted by molar-refractivity contribution is 9.10. The van der Waals surface area contributed by atoms with E-state index in [1.165, 1.54) is 0 Å². The van der Waals surface area contributed by atoms with E-state index in [1.807, 2.05) is 6.92 Å². The second-order valence-electron chi connectivity index (χ2n) is 3.73. The van der Waals surface area contributed by atoms with Gasteiger partial charge in [0.25, 0.3) is 0 Å². The first kappa shape index (κ1) is 14.3. The summed E-state index contributed by atoms with van der Waals surface area (Å²) in [5.41, 5.74) is -0.268. The van der Waals surface area contributed by atoms with Gasteiger partial charge in [0.1, 0.15) is 0 Å². The van der Waals surface area contributed by atoms with Crippen molar-refractivity contribution < 1.29 is 17.9 Å². The lowest BCUT2D eigenvalue weighted by molar-refractivity contribution is -0.137. The third-order valence-electron chi connectivity index (χ3n) is 2.05. The van der Waals surface area contributed by atoms with Gasteiger partial charge >= 0.3 is 6.18 Å². The molecule has 0 amide bonds. The van der Waals surface area contributed by atoms with E-state index in [-0.39, 0.29) is 6.04 Å². The quantitative estimate of drug-likeness (QED) is 0.910. The van der Waals surface area contributed by atoms with Crippen LogP contribution >= 0.6 is 15.9 Å². The summed E-state index contributed by atoms with van der Waals surface area (Å²) in [5, 5.41) is 2.94. The molecule has 0 fully saturated rings. The molecule has 0 aliphatic heterocycles. The summed E-state index contributed by atoms with van der Waals surface area (Å²) in [6.07, 6.45) is -4.34. The number of halogens is 4. The molecule has 1 rings (SSSR count). The molecule has 1 aromatic carbocycles. The molecule has 0 radical (unpaired) electrons. The van der Waals surface area contributed by atoms with Crippen LogP contribution < -0.4 is 5.32 Å². The fourth-order valence-corrected chi connectivity index (χ4v) is 1.91. The molecule has 1 aromatic rings. The smallest absolute Gasteiger partial charge is 0.383 e. The van der Waals surface area contributed by atoms with Gasteiger partial charge in [-0.2, -0.15) is 13.2 Å². The number of nitrogens with one attached hydrogen (secondary N) is 1. The van der Waals surface area contributed by atoms with E-state index < -0.39 is 11.7 Å². The van der Waals surface area contributed by atoms with E-state index in [0.717, 1.165) is 12.1 Å². The Kier molecular flexibility index (Phi) is 4.82. The Hall–Kier alpha value is -0.750. The maximum Gasteiger partial charge on any atom is 0.416 e. The zero-order valence-corrected chi connectivity index (χ0v) is 11.0. The average molecular weight is 312 g/mol. The van der Waals surface area contributed by atoms with Crippen molar-refractivity contribution in [3.05, 3.63) is 28.2 Å². The predicted molar refractivity (Wildman–Crippen MR) is 64.1 cm³/mol. The summed E-state index contributed by atoms with van der Waals surface area (Å²) >= 11 is 3.06. The maximum absolute atomic E-state index is 12.6. The molecule has 6 heteroatoms. The van der Waals surface area contributed by atoms with Gasteiger partial charge < -0.3 is 10.1 Å². The largest absolute Gasteiger partial charge is 0.416 e. The van der Waals surface area contributed by atoms with Crippen molar-refractivity contribution in [2.24, 2.45) is 0 Å². The van der Waals surface area contributed by atoms with Crippen LogP contribution in [0.4, 0.5) is 18.9 Å². The van der Waals surface area contributed by atoms with Gasteiger partial charge in [0.15, 0.2) is 0 Å². The third-order valence-corrected chi connectivity index (χ3v) is 2.51. The minimum Gasteiger partial charge on any atom is -0.383 e. The van der Waals surface area contributed by atoms with Crippen LogP contribution in [0.3, 0.4) is 0 Å². The second kappa shape index (κ2) is 5.73. The zero-order chi connectivity index (χ0) is 13.1. The number of ether oxygens (including phenoxy) is 1. The van der Waals surface area contributed by atoms with Crippen LogP contribution in [0.15, 0.2) is 22.7 Å². The Morgan fingerprint density at radius 3 is 2.53 bits per heavy atom. The summed E-state index contributed by atoms with van der Waals surface area (Å²) < 4.78 is 43.0. The number of benzene rings is 1. The minimum absolute atomic E-state index is 0.0598. The first-order valence-corrected chi connectivity index (χ1v) is 5.75. The Labute approximate surface area is 106 Å². The Morgan fingerprint density at radius 1 is 1.35 bits per heavy atom. The van der Waals surface area contributed by atoms with Crippen LogP contribution in [0, 0.1) is 0 Å². The number of rotatable bonds is 4. The van der Waals surface area contributed by atoms with Crippen LogP contribution in [0.2, 0.25) is 0 Å². The van der Waals surface area contributed by atoms with E-state index in [0.29, 0.717) is 16.8 Å². The maximum atomic E-state index is 12.6. The van der Waals surface area contributed by atoms with Crippen LogP contribution in [0.25, 0.3) is 0 Å². The van der Waals surface area contributed by atoms with E-state index in [9.17, 15) is 13.2 Å². The van der Waals surface area contributed by atoms with E-state index in [4.69, 9.17) is 4.74 Å². The number of hydrogen-bond donors (Lipinski definition) is 1. The molecule has 96 valence electrons. The lowest BCUT2D eigenvalue weighted by Crippen LogP contribution is -2.21. The monoisotopic (exact) mass is 311 g/mol. The van der Waals surface area contributed by atoms with Gasteiger partial charge in [0.2, 0.25) is 0 Å². The number of hydrogen-bond acceptors (Lipinski definition) is 2. The molecule has 1 atom stereocenters. The molecular weight excluding hydrogens is 299 g/mol. The summed E-state index contributed by atoms with van der Waals surface area (Å²) in [7, 11) is 1.54. The summed E-state index contributed by atoms with van der Waals surface area (Å²) in [6.45, 7) is 2.26. The molecule has 0 bridgehead atoms. The number of alkyl halides is 3. The highest BCUT2D eigenvalue weighted by Crippen LogP contribution is 2.33. The van der Waals surface area contributed by atoms with Crippen molar-refractivity contribution in [3.63, 3.8) is 0 Å². The van der Waals surface area contributed by atoms with Crippen molar-refractivity contribution in [1.82, 2.24) is 0 Å². The zero-order valence-electron chi connectivity index (χ0n) is 9.44. The van der Waals surface area contributed by atoms with E-state index in [1.54, 1.807) is 13.2 Å².